The molecule has 8 nitrogen and oxygen atoms in total. The molecule has 0 radical (unpaired) electrons. The Morgan fingerprint density at radius 1 is 1.31 bits per heavy atom. The van der Waals surface area contributed by atoms with Gasteiger partial charge in [0.15, 0.2) is 5.78 Å². The summed E-state index contributed by atoms with van der Waals surface area (Å²) < 4.78 is 1.58. The molecule has 2 aliphatic heterocycles. The number of nitrogens with zero attached hydrogens (tertiary/aromatic N) is 3. The number of carbonyl (C=O) groups excluding carboxylic acids is 1. The maximum Gasteiger partial charge on any atom is 0.306 e. The van der Waals surface area contributed by atoms with Crippen LogP contribution in [0.1, 0.15) is 33.8 Å². The number of aliphatic carboxylic acids is 1. The molecule has 1 fully saturated rings. The first-order valence-corrected chi connectivity index (χ1v) is 12.5. The molecular formula is C21H17ClN4O4S2. The Kier molecular flexibility index (Phi) is 4.44. The van der Waals surface area contributed by atoms with E-state index in [4.69, 9.17) is 11.6 Å². The highest BCUT2D eigenvalue weighted by Gasteiger charge is 2.50. The van der Waals surface area contributed by atoms with Crippen molar-refractivity contribution in [3.05, 3.63) is 43.9 Å². The smallest absolute Gasteiger partial charge is 0.306 e. The lowest BCUT2D eigenvalue weighted by atomic mass is 9.88. The van der Waals surface area contributed by atoms with Gasteiger partial charge in [-0.25, -0.2) is 9.97 Å². The SMILES string of the molecule is O=C1CC2(CSC2)n2c1c(Cl)cc(Nc1ncnc3sc4c(c13)CC[C@H](C(=O)O)C4)c2=O. The number of thiophene rings is 1. The van der Waals surface area contributed by atoms with Gasteiger partial charge < -0.3 is 10.4 Å². The molecule has 3 aromatic rings. The van der Waals surface area contributed by atoms with Gasteiger partial charge in [0.25, 0.3) is 5.56 Å². The monoisotopic (exact) mass is 488 g/mol. The lowest BCUT2D eigenvalue weighted by Gasteiger charge is -2.38. The van der Waals surface area contributed by atoms with Crippen LogP contribution in [0.4, 0.5) is 11.5 Å². The minimum Gasteiger partial charge on any atom is -0.481 e. The molecule has 32 heavy (non-hydrogen) atoms. The zero-order chi connectivity index (χ0) is 22.2. The fraction of sp³-hybridized carbons (Fsp3) is 0.381. The first-order valence-electron chi connectivity index (χ1n) is 10.2. The van der Waals surface area contributed by atoms with Crippen LogP contribution in [0.3, 0.4) is 0 Å². The average Bonchev–Trinajstić information content (AvgIpc) is 3.27. The van der Waals surface area contributed by atoms with E-state index in [0.717, 1.165) is 20.7 Å². The Labute approximate surface area is 195 Å². The zero-order valence-electron chi connectivity index (χ0n) is 16.7. The normalized spacial score (nSPS) is 20.8. The fourth-order valence-electron chi connectivity index (χ4n) is 4.96. The lowest BCUT2D eigenvalue weighted by molar-refractivity contribution is -0.142. The minimum absolute atomic E-state index is 0.0942. The first-order chi connectivity index (χ1) is 15.4. The van der Waals surface area contributed by atoms with Gasteiger partial charge in [0.2, 0.25) is 0 Å². The summed E-state index contributed by atoms with van der Waals surface area (Å²) in [4.78, 5) is 48.0. The Hall–Kier alpha value is -2.43. The van der Waals surface area contributed by atoms with Crippen molar-refractivity contribution < 1.29 is 14.7 Å². The van der Waals surface area contributed by atoms with Gasteiger partial charge in [0.05, 0.1) is 21.9 Å². The molecule has 2 N–H and O–H groups in total. The highest BCUT2D eigenvalue weighted by atomic mass is 35.5. The number of carboxylic acid groups (broad SMARTS) is 1. The van der Waals surface area contributed by atoms with Crippen LogP contribution in [-0.4, -0.2) is 42.9 Å². The largest absolute Gasteiger partial charge is 0.481 e. The standard InChI is InChI=1S/C21H17ClN4O4S2/c22-11-4-12(19(28)26-16(11)13(27)5-21(26)6-31-7-21)25-17-15-10-2-1-9(20(29)30)3-14(10)32-18(15)24-8-23-17/h4,8-9H,1-3,5-7H2,(H,29,30)(H,23,24,25)/t9-/m0/s1. The molecule has 0 aromatic carbocycles. The van der Waals surface area contributed by atoms with Gasteiger partial charge >= 0.3 is 5.97 Å². The number of fused-ring (bicyclic) bond motifs is 5. The number of ketones is 1. The van der Waals surface area contributed by atoms with Crippen LogP contribution in [0.5, 0.6) is 0 Å². The van der Waals surface area contributed by atoms with E-state index in [2.05, 4.69) is 15.3 Å². The Morgan fingerprint density at radius 3 is 2.84 bits per heavy atom. The number of nitrogens with one attached hydrogen (secondary N) is 1. The van der Waals surface area contributed by atoms with Gasteiger partial charge in [0, 0.05) is 22.8 Å². The minimum atomic E-state index is -0.782. The summed E-state index contributed by atoms with van der Waals surface area (Å²) in [6, 6.07) is 1.51. The summed E-state index contributed by atoms with van der Waals surface area (Å²) in [6.07, 6.45) is 3.38. The fourth-order valence-corrected chi connectivity index (χ4v) is 7.66. The number of hydrogen-bond acceptors (Lipinski definition) is 8. The maximum atomic E-state index is 13.4. The molecule has 1 aliphatic carbocycles. The maximum absolute atomic E-state index is 13.4. The van der Waals surface area contributed by atoms with Gasteiger partial charge in [0.1, 0.15) is 28.4 Å². The molecule has 0 unspecified atom stereocenters. The predicted molar refractivity (Wildman–Crippen MR) is 124 cm³/mol. The molecule has 5 heterocycles. The molecule has 3 aliphatic rings. The molecule has 3 aromatic heterocycles. The third kappa shape index (κ3) is 2.79. The highest BCUT2D eigenvalue weighted by Crippen LogP contribution is 2.46. The predicted octanol–water partition coefficient (Wildman–Crippen LogP) is 3.47. The van der Waals surface area contributed by atoms with Crippen LogP contribution < -0.4 is 10.9 Å². The summed E-state index contributed by atoms with van der Waals surface area (Å²) in [5.41, 5.74) is 0.841. The summed E-state index contributed by atoms with van der Waals surface area (Å²) in [5, 5.41) is 13.6. The van der Waals surface area contributed by atoms with E-state index in [-0.39, 0.29) is 22.1 Å². The van der Waals surface area contributed by atoms with E-state index in [1.54, 1.807) is 16.3 Å². The van der Waals surface area contributed by atoms with Crippen LogP contribution in [0.15, 0.2) is 17.2 Å². The number of carbonyl (C=O) groups is 2. The summed E-state index contributed by atoms with van der Waals surface area (Å²) >= 11 is 9.64. The average molecular weight is 489 g/mol. The first kappa shape index (κ1) is 20.2. The van der Waals surface area contributed by atoms with Crippen molar-refractivity contribution in [3.8, 4) is 0 Å². The molecule has 1 spiro atoms. The number of halogens is 1. The van der Waals surface area contributed by atoms with E-state index in [1.165, 1.54) is 23.7 Å². The number of aromatic nitrogens is 3. The van der Waals surface area contributed by atoms with Gasteiger partial charge in [-0.1, -0.05) is 11.6 Å². The molecule has 0 amide bonds. The van der Waals surface area contributed by atoms with Gasteiger partial charge in [-0.2, -0.15) is 11.8 Å². The van der Waals surface area contributed by atoms with E-state index in [9.17, 15) is 19.5 Å². The molecule has 0 saturated carbocycles. The van der Waals surface area contributed by atoms with Crippen molar-refractivity contribution in [2.24, 2.45) is 5.92 Å². The second-order valence-corrected chi connectivity index (χ2v) is 11.0. The number of Topliss-reactive ketones (excluding diaryl/α,β-unsaturated/α-hetero) is 1. The van der Waals surface area contributed by atoms with E-state index >= 15 is 0 Å². The van der Waals surface area contributed by atoms with Crippen LogP contribution in [0.25, 0.3) is 10.2 Å². The second kappa shape index (κ2) is 7.03. The van der Waals surface area contributed by atoms with E-state index in [0.29, 0.717) is 48.7 Å². The van der Waals surface area contributed by atoms with Crippen molar-refractivity contribution in [1.82, 2.24) is 14.5 Å². The number of aryl methyl sites for hydroxylation is 1. The third-order valence-corrected chi connectivity index (χ3v) is 9.50. The summed E-state index contributed by atoms with van der Waals surface area (Å²) in [6.45, 7) is 0. The Bertz CT molecular complexity index is 1390. The zero-order valence-corrected chi connectivity index (χ0v) is 19.1. The van der Waals surface area contributed by atoms with Crippen molar-refractivity contribution in [1.29, 1.82) is 0 Å². The number of thioether (sulfide) groups is 1. The molecule has 164 valence electrons. The number of hydrogen-bond donors (Lipinski definition) is 2. The lowest BCUT2D eigenvalue weighted by Crippen LogP contribution is -2.48. The number of rotatable bonds is 3. The molecule has 1 saturated heterocycles. The van der Waals surface area contributed by atoms with Crippen LogP contribution in [0, 0.1) is 5.92 Å². The van der Waals surface area contributed by atoms with Crippen molar-refractivity contribution in [2.75, 3.05) is 16.8 Å². The van der Waals surface area contributed by atoms with Crippen molar-refractivity contribution in [3.63, 3.8) is 0 Å². The molecule has 6 rings (SSSR count). The van der Waals surface area contributed by atoms with E-state index < -0.39 is 17.4 Å². The molecule has 11 heteroatoms. The van der Waals surface area contributed by atoms with Gasteiger partial charge in [-0.15, -0.1) is 11.3 Å². The highest BCUT2D eigenvalue weighted by molar-refractivity contribution is 8.00. The van der Waals surface area contributed by atoms with Crippen LogP contribution in [-0.2, 0) is 23.2 Å². The quantitative estimate of drug-likeness (QED) is 0.576. The number of pyridine rings is 1. The summed E-state index contributed by atoms with van der Waals surface area (Å²) in [5.74, 6) is 0.655. The van der Waals surface area contributed by atoms with Gasteiger partial charge in [-0.3, -0.25) is 19.0 Å². The van der Waals surface area contributed by atoms with Crippen LogP contribution >= 0.6 is 34.7 Å². The molecular weight excluding hydrogens is 472 g/mol. The third-order valence-electron chi connectivity index (χ3n) is 6.57. The summed E-state index contributed by atoms with van der Waals surface area (Å²) in [7, 11) is 0. The number of anilines is 2. The molecule has 1 atom stereocenters. The second-order valence-electron chi connectivity index (χ2n) is 8.52. The van der Waals surface area contributed by atoms with Crippen LogP contribution in [0.2, 0.25) is 5.02 Å². The topological polar surface area (TPSA) is 114 Å². The molecule has 0 bridgehead atoms. The number of carboxylic acids is 1. The van der Waals surface area contributed by atoms with Gasteiger partial charge in [-0.05, 0) is 30.9 Å². The Balaban J connectivity index is 1.46. The van der Waals surface area contributed by atoms with E-state index in [1.807, 2.05) is 0 Å². The van der Waals surface area contributed by atoms with Crippen molar-refractivity contribution in [2.45, 2.75) is 31.2 Å². The van der Waals surface area contributed by atoms with Crippen molar-refractivity contribution >= 4 is 68.2 Å². The Morgan fingerprint density at radius 2 is 2.12 bits per heavy atom.